The maximum atomic E-state index is 15.1. The van der Waals surface area contributed by atoms with Crippen LogP contribution >= 0.6 is 0 Å². The molecule has 0 aliphatic heterocycles. The van der Waals surface area contributed by atoms with Crippen LogP contribution in [0.15, 0.2) is 91.1 Å². The Bertz CT molecular complexity index is 2050. The van der Waals surface area contributed by atoms with Crippen LogP contribution in [0.5, 0.6) is 0 Å². The molecule has 3 aromatic carbocycles. The predicted octanol–water partition coefficient (Wildman–Crippen LogP) is 6.83. The Morgan fingerprint density at radius 3 is 2.02 bits per heavy atom. The number of halogens is 2. The van der Waals surface area contributed by atoms with Crippen LogP contribution in [-0.2, 0) is 37.1 Å². The smallest absolute Gasteiger partial charge is 0.408 e. The number of rotatable bonds is 17. The average molecular weight is 802 g/mol. The summed E-state index contributed by atoms with van der Waals surface area (Å²) in [5, 5.41) is 17.7. The number of alkyl carbamates (subject to hydrolysis) is 1. The van der Waals surface area contributed by atoms with Gasteiger partial charge in [-0.15, -0.1) is 0 Å². The van der Waals surface area contributed by atoms with E-state index in [1.54, 1.807) is 50.4 Å². The van der Waals surface area contributed by atoms with Crippen LogP contribution in [0, 0.1) is 23.0 Å². The Kier molecular flexibility index (Phi) is 15.3. The topological polar surface area (TPSA) is 159 Å². The SMILES string of the molecule is CC(=O)N(CCC(NC(=O)C(C)NC(=O)C(NC(=O)OCc1ccccc1)C(C)C)C(=O)O)C(c1cc(-c2cc(F)ccc2F)cn1Cc1ccccc1)C(C)(C)C. The molecular weight excluding hydrogens is 749 g/mol. The third kappa shape index (κ3) is 12.2. The van der Waals surface area contributed by atoms with Gasteiger partial charge in [0.1, 0.15) is 36.4 Å². The van der Waals surface area contributed by atoms with E-state index in [-0.39, 0.29) is 31.0 Å². The van der Waals surface area contributed by atoms with Crippen LogP contribution in [-0.4, -0.2) is 69.0 Å². The lowest BCUT2D eigenvalue weighted by molar-refractivity contribution is -0.143. The third-order valence-electron chi connectivity index (χ3n) is 9.64. The molecule has 0 aliphatic rings. The number of hydrogen-bond donors (Lipinski definition) is 4. The molecule has 4 aromatic rings. The minimum absolute atomic E-state index is 0.0115. The second-order valence-corrected chi connectivity index (χ2v) is 15.7. The lowest BCUT2D eigenvalue weighted by atomic mass is 9.82. The van der Waals surface area contributed by atoms with Gasteiger partial charge in [-0.1, -0.05) is 95.3 Å². The van der Waals surface area contributed by atoms with Crippen molar-refractivity contribution >= 4 is 29.8 Å². The van der Waals surface area contributed by atoms with Crippen LogP contribution in [0.2, 0.25) is 0 Å². The first-order valence-electron chi connectivity index (χ1n) is 19.1. The fourth-order valence-corrected chi connectivity index (χ4v) is 6.70. The number of carboxylic acid groups (broad SMARTS) is 1. The van der Waals surface area contributed by atoms with Crippen molar-refractivity contribution < 1.29 is 42.6 Å². The number of benzene rings is 3. The number of carbonyl (C=O) groups excluding carboxylic acids is 4. The molecule has 310 valence electrons. The fraction of sp³-hybridized carbons (Fsp3) is 0.386. The Labute approximate surface area is 338 Å². The third-order valence-corrected chi connectivity index (χ3v) is 9.64. The maximum Gasteiger partial charge on any atom is 0.408 e. The zero-order chi connectivity index (χ0) is 42.7. The molecule has 1 heterocycles. The standard InChI is InChI=1S/C44H53F2N5O7/c1-27(2)38(49-43(57)58-26-31-16-12-9-13-17-31)41(54)47-28(3)40(53)48-36(42(55)56)20-21-51(29(4)52)39(44(5,6)7)37-22-32(34-23-33(45)18-19-35(34)46)25-50(37)24-30-14-10-8-11-15-30/h8-19,22-23,25,27-28,36,38-39H,20-21,24,26H2,1-7H3,(H,47,54)(H,48,53)(H,49,57)(H,55,56). The molecule has 12 nitrogen and oxygen atoms in total. The van der Waals surface area contributed by atoms with Crippen molar-refractivity contribution in [2.75, 3.05) is 6.54 Å². The monoisotopic (exact) mass is 801 g/mol. The van der Waals surface area contributed by atoms with E-state index in [0.717, 1.165) is 29.3 Å². The molecule has 0 radical (unpaired) electrons. The molecule has 0 saturated carbocycles. The molecule has 0 fully saturated rings. The molecule has 0 bridgehead atoms. The van der Waals surface area contributed by atoms with Gasteiger partial charge in [-0.3, -0.25) is 14.4 Å². The first-order chi connectivity index (χ1) is 27.3. The number of carboxylic acids is 1. The van der Waals surface area contributed by atoms with Gasteiger partial charge in [-0.2, -0.15) is 0 Å². The second-order valence-electron chi connectivity index (χ2n) is 15.7. The van der Waals surface area contributed by atoms with Crippen molar-refractivity contribution in [2.45, 2.75) is 92.2 Å². The highest BCUT2D eigenvalue weighted by Crippen LogP contribution is 2.41. The van der Waals surface area contributed by atoms with Gasteiger partial charge < -0.3 is 35.3 Å². The number of amides is 4. The molecule has 0 aliphatic carbocycles. The summed E-state index contributed by atoms with van der Waals surface area (Å²) >= 11 is 0. The van der Waals surface area contributed by atoms with Gasteiger partial charge >= 0.3 is 12.1 Å². The lowest BCUT2D eigenvalue weighted by Gasteiger charge is -2.41. The van der Waals surface area contributed by atoms with E-state index in [9.17, 15) is 33.5 Å². The molecule has 1 aromatic heterocycles. The number of nitrogens with one attached hydrogen (secondary N) is 3. The Balaban J connectivity index is 1.52. The second kappa shape index (κ2) is 19.9. The van der Waals surface area contributed by atoms with E-state index < -0.39 is 71.0 Å². The highest BCUT2D eigenvalue weighted by atomic mass is 19.1. The summed E-state index contributed by atoms with van der Waals surface area (Å²) in [5.74, 6) is -4.83. The molecule has 58 heavy (non-hydrogen) atoms. The number of nitrogens with zero attached hydrogens (tertiary/aromatic N) is 2. The normalized spacial score (nSPS) is 13.5. The van der Waals surface area contributed by atoms with Crippen molar-refractivity contribution in [1.82, 2.24) is 25.4 Å². The molecular formula is C44H53F2N5O7. The summed E-state index contributed by atoms with van der Waals surface area (Å²) in [5.41, 5.74) is 2.06. The molecule has 4 atom stereocenters. The van der Waals surface area contributed by atoms with Crippen molar-refractivity contribution in [3.63, 3.8) is 0 Å². The highest BCUT2D eigenvalue weighted by Gasteiger charge is 2.37. The van der Waals surface area contributed by atoms with Gasteiger partial charge in [-0.05, 0) is 60.1 Å². The fourth-order valence-electron chi connectivity index (χ4n) is 6.70. The largest absolute Gasteiger partial charge is 0.480 e. The molecule has 4 unspecified atom stereocenters. The van der Waals surface area contributed by atoms with E-state index in [1.165, 1.54) is 18.7 Å². The molecule has 4 N–H and O–H groups in total. The van der Waals surface area contributed by atoms with Crippen LogP contribution in [0.1, 0.15) is 77.7 Å². The molecule has 0 spiro atoms. The predicted molar refractivity (Wildman–Crippen MR) is 215 cm³/mol. The van der Waals surface area contributed by atoms with Crippen molar-refractivity contribution in [1.29, 1.82) is 0 Å². The van der Waals surface area contributed by atoms with Crippen molar-refractivity contribution in [3.05, 3.63) is 120 Å². The lowest BCUT2D eigenvalue weighted by Crippen LogP contribution is -2.56. The zero-order valence-electron chi connectivity index (χ0n) is 33.9. The van der Waals surface area contributed by atoms with Gasteiger partial charge in [0, 0.05) is 43.0 Å². The summed E-state index contributed by atoms with van der Waals surface area (Å²) in [6, 6.07) is 19.0. The van der Waals surface area contributed by atoms with Gasteiger partial charge in [-0.25, -0.2) is 18.4 Å². The highest BCUT2D eigenvalue weighted by molar-refractivity contribution is 5.92. The van der Waals surface area contributed by atoms with E-state index >= 15 is 4.39 Å². The number of aromatic nitrogens is 1. The minimum atomic E-state index is -1.46. The van der Waals surface area contributed by atoms with E-state index in [4.69, 9.17) is 4.74 Å². The van der Waals surface area contributed by atoms with Gasteiger partial charge in [0.25, 0.3) is 0 Å². The Morgan fingerprint density at radius 1 is 0.828 bits per heavy atom. The van der Waals surface area contributed by atoms with Crippen LogP contribution in [0.4, 0.5) is 13.6 Å². The van der Waals surface area contributed by atoms with Crippen molar-refractivity contribution in [3.8, 4) is 11.1 Å². The minimum Gasteiger partial charge on any atom is -0.480 e. The quantitative estimate of drug-likeness (QED) is 0.0911. The van der Waals surface area contributed by atoms with Crippen molar-refractivity contribution in [2.24, 2.45) is 11.3 Å². The summed E-state index contributed by atoms with van der Waals surface area (Å²) in [6.07, 6.45) is 0.677. The number of aliphatic carboxylic acids is 1. The summed E-state index contributed by atoms with van der Waals surface area (Å²) in [7, 11) is 0. The van der Waals surface area contributed by atoms with Gasteiger partial charge in [0.05, 0.1) is 6.04 Å². The van der Waals surface area contributed by atoms with E-state index in [0.29, 0.717) is 17.8 Å². The molecule has 14 heteroatoms. The van der Waals surface area contributed by atoms with Crippen LogP contribution in [0.25, 0.3) is 11.1 Å². The molecule has 4 rings (SSSR count). The maximum absolute atomic E-state index is 15.1. The van der Waals surface area contributed by atoms with Gasteiger partial charge in [0.15, 0.2) is 0 Å². The first kappa shape index (κ1) is 44.7. The van der Waals surface area contributed by atoms with Gasteiger partial charge in [0.2, 0.25) is 17.7 Å². The van der Waals surface area contributed by atoms with Crippen LogP contribution in [0.3, 0.4) is 0 Å². The number of ether oxygens (including phenoxy) is 1. The summed E-state index contributed by atoms with van der Waals surface area (Å²) in [6.45, 7) is 12.1. The van der Waals surface area contributed by atoms with Crippen LogP contribution < -0.4 is 16.0 Å². The van der Waals surface area contributed by atoms with E-state index in [2.05, 4.69) is 16.0 Å². The first-order valence-corrected chi connectivity index (χ1v) is 19.1. The zero-order valence-corrected chi connectivity index (χ0v) is 33.9. The van der Waals surface area contributed by atoms with E-state index in [1.807, 2.05) is 61.7 Å². The Morgan fingerprint density at radius 2 is 1.45 bits per heavy atom. The molecule has 4 amide bonds. The molecule has 0 saturated heterocycles. The summed E-state index contributed by atoms with van der Waals surface area (Å²) < 4.78 is 36.6. The average Bonchev–Trinajstić information content (AvgIpc) is 3.56. The number of carbonyl (C=O) groups is 5. The number of hydrogen-bond acceptors (Lipinski definition) is 6. The Hall–Kier alpha value is -6.05. The summed E-state index contributed by atoms with van der Waals surface area (Å²) in [4.78, 5) is 66.6.